The summed E-state index contributed by atoms with van der Waals surface area (Å²) in [5.41, 5.74) is 1.63. The number of ether oxygens (including phenoxy) is 1. The monoisotopic (exact) mass is 385 g/mol. The first-order chi connectivity index (χ1) is 13.7. The predicted octanol–water partition coefficient (Wildman–Crippen LogP) is 2.39. The number of carbonyl (C=O) groups excluding carboxylic acids is 2. The van der Waals surface area contributed by atoms with E-state index in [1.54, 1.807) is 0 Å². The van der Waals surface area contributed by atoms with Gasteiger partial charge in [0, 0.05) is 56.9 Å². The van der Waals surface area contributed by atoms with Gasteiger partial charge in [-0.15, -0.1) is 0 Å². The lowest BCUT2D eigenvalue weighted by atomic mass is 9.95. The molecule has 0 N–H and O–H groups in total. The van der Waals surface area contributed by atoms with E-state index in [2.05, 4.69) is 4.90 Å². The number of carbonyl (C=O) groups is 2. The molecule has 3 saturated heterocycles. The summed E-state index contributed by atoms with van der Waals surface area (Å²) in [4.78, 5) is 31.3. The Bertz CT molecular complexity index is 677. The van der Waals surface area contributed by atoms with Crippen LogP contribution in [0.5, 0.6) is 0 Å². The fourth-order valence-electron chi connectivity index (χ4n) is 4.51. The summed E-state index contributed by atoms with van der Waals surface area (Å²) in [5.74, 6) is 0.976. The van der Waals surface area contributed by atoms with E-state index in [1.165, 1.54) is 0 Å². The van der Waals surface area contributed by atoms with Gasteiger partial charge in [-0.25, -0.2) is 0 Å². The summed E-state index contributed by atoms with van der Waals surface area (Å²) in [7, 11) is 0. The minimum absolute atomic E-state index is 0.112. The predicted molar refractivity (Wildman–Crippen MR) is 109 cm³/mol. The highest BCUT2D eigenvalue weighted by molar-refractivity contribution is 5.97. The Kier molecular flexibility index (Phi) is 6.27. The second kappa shape index (κ2) is 9.05. The van der Waals surface area contributed by atoms with Gasteiger partial charge in [0.25, 0.3) is 5.91 Å². The fraction of sp³-hybridized carbons (Fsp3) is 0.636. The van der Waals surface area contributed by atoms with Crippen molar-refractivity contribution in [3.05, 3.63) is 29.8 Å². The number of rotatable bonds is 4. The average Bonchev–Trinajstić information content (AvgIpc) is 2.75. The normalized spacial score (nSPS) is 22.5. The zero-order valence-electron chi connectivity index (χ0n) is 16.6. The molecule has 0 unspecified atom stereocenters. The number of hydrogen-bond donors (Lipinski definition) is 0. The number of anilines is 1. The molecule has 1 aromatic rings. The van der Waals surface area contributed by atoms with Crippen LogP contribution in [0.25, 0.3) is 0 Å². The Morgan fingerprint density at radius 3 is 2.36 bits per heavy atom. The second-order valence-electron chi connectivity index (χ2n) is 8.20. The minimum atomic E-state index is 0.112. The molecule has 28 heavy (non-hydrogen) atoms. The summed E-state index contributed by atoms with van der Waals surface area (Å²) in [5, 5.41) is 0. The molecule has 3 aliphatic heterocycles. The van der Waals surface area contributed by atoms with Crippen LogP contribution in [0.3, 0.4) is 0 Å². The molecule has 6 heteroatoms. The highest BCUT2D eigenvalue weighted by Gasteiger charge is 2.26. The quantitative estimate of drug-likeness (QED) is 0.799. The number of likely N-dealkylation sites (tertiary alicyclic amines) is 1. The minimum Gasteiger partial charge on any atom is -0.379 e. The smallest absolute Gasteiger partial charge is 0.253 e. The standard InChI is InChI=1S/C22H31N3O3/c26-21-3-1-2-10-25(21)20-6-4-19(5-7-20)22(27)24-11-8-18(9-12-24)17-23-13-15-28-16-14-23/h4-7,18H,1-3,8-17H2. The number of piperidine rings is 2. The second-order valence-corrected chi connectivity index (χ2v) is 8.20. The zero-order chi connectivity index (χ0) is 19.3. The van der Waals surface area contributed by atoms with Gasteiger partial charge in [-0.1, -0.05) is 0 Å². The Hall–Kier alpha value is -1.92. The maximum atomic E-state index is 12.9. The van der Waals surface area contributed by atoms with Crippen LogP contribution in [0, 0.1) is 5.92 Å². The van der Waals surface area contributed by atoms with Crippen molar-refractivity contribution < 1.29 is 14.3 Å². The summed E-state index contributed by atoms with van der Waals surface area (Å²) in [6, 6.07) is 7.59. The topological polar surface area (TPSA) is 53.1 Å². The highest BCUT2D eigenvalue weighted by Crippen LogP contribution is 2.24. The summed E-state index contributed by atoms with van der Waals surface area (Å²) in [6.45, 7) is 7.33. The molecule has 0 aliphatic carbocycles. The van der Waals surface area contributed by atoms with Crippen LogP contribution in [-0.4, -0.2) is 74.1 Å². The average molecular weight is 386 g/mol. The summed E-state index contributed by atoms with van der Waals surface area (Å²) in [6.07, 6.45) is 4.80. The molecule has 6 nitrogen and oxygen atoms in total. The number of hydrogen-bond acceptors (Lipinski definition) is 4. The first-order valence-corrected chi connectivity index (χ1v) is 10.7. The number of amides is 2. The van der Waals surface area contributed by atoms with Crippen molar-refractivity contribution in [3.63, 3.8) is 0 Å². The Morgan fingerprint density at radius 1 is 0.964 bits per heavy atom. The van der Waals surface area contributed by atoms with E-state index in [-0.39, 0.29) is 11.8 Å². The number of morpholine rings is 1. The molecular formula is C22H31N3O3. The van der Waals surface area contributed by atoms with Crippen LogP contribution < -0.4 is 4.90 Å². The van der Waals surface area contributed by atoms with E-state index >= 15 is 0 Å². The third kappa shape index (κ3) is 4.55. The molecule has 152 valence electrons. The molecule has 1 aromatic carbocycles. The molecule has 3 heterocycles. The summed E-state index contributed by atoms with van der Waals surface area (Å²) < 4.78 is 5.42. The van der Waals surface area contributed by atoms with E-state index in [0.717, 1.165) is 89.4 Å². The lowest BCUT2D eigenvalue weighted by Crippen LogP contribution is -2.44. The van der Waals surface area contributed by atoms with Crippen LogP contribution in [0.1, 0.15) is 42.5 Å². The maximum absolute atomic E-state index is 12.9. The van der Waals surface area contributed by atoms with E-state index in [0.29, 0.717) is 12.3 Å². The van der Waals surface area contributed by atoms with Gasteiger partial charge >= 0.3 is 0 Å². The van der Waals surface area contributed by atoms with Gasteiger partial charge in [0.1, 0.15) is 0 Å². The van der Waals surface area contributed by atoms with Crippen LogP contribution >= 0.6 is 0 Å². The van der Waals surface area contributed by atoms with Gasteiger partial charge in [-0.05, 0) is 55.9 Å². The molecule has 0 saturated carbocycles. The van der Waals surface area contributed by atoms with Crippen LogP contribution in [0.15, 0.2) is 24.3 Å². The molecule has 3 fully saturated rings. The lowest BCUT2D eigenvalue weighted by molar-refractivity contribution is -0.119. The third-order valence-electron chi connectivity index (χ3n) is 6.27. The summed E-state index contributed by atoms with van der Waals surface area (Å²) >= 11 is 0. The van der Waals surface area contributed by atoms with Gasteiger partial charge in [-0.2, -0.15) is 0 Å². The molecule has 0 spiro atoms. The van der Waals surface area contributed by atoms with Gasteiger partial charge in [0.05, 0.1) is 13.2 Å². The molecule has 3 aliphatic rings. The molecule has 0 atom stereocenters. The SMILES string of the molecule is O=C(c1ccc(N2CCCCC2=O)cc1)N1CCC(CN2CCOCC2)CC1. The first-order valence-electron chi connectivity index (χ1n) is 10.7. The number of benzene rings is 1. The van der Waals surface area contributed by atoms with Gasteiger partial charge in [0.2, 0.25) is 5.91 Å². The van der Waals surface area contributed by atoms with Crippen molar-refractivity contribution in [2.24, 2.45) is 5.92 Å². The number of nitrogens with zero attached hydrogens (tertiary/aromatic N) is 3. The Morgan fingerprint density at radius 2 is 1.68 bits per heavy atom. The first kappa shape index (κ1) is 19.4. The van der Waals surface area contributed by atoms with Crippen molar-refractivity contribution in [2.45, 2.75) is 32.1 Å². The van der Waals surface area contributed by atoms with Crippen molar-refractivity contribution in [1.29, 1.82) is 0 Å². The van der Waals surface area contributed by atoms with Crippen LogP contribution in [0.2, 0.25) is 0 Å². The molecule has 4 rings (SSSR count). The molecule has 2 amide bonds. The van der Waals surface area contributed by atoms with Crippen molar-refractivity contribution in [1.82, 2.24) is 9.80 Å². The van der Waals surface area contributed by atoms with E-state index < -0.39 is 0 Å². The zero-order valence-corrected chi connectivity index (χ0v) is 16.6. The van der Waals surface area contributed by atoms with Gasteiger partial charge in [0.15, 0.2) is 0 Å². The van der Waals surface area contributed by atoms with E-state index in [9.17, 15) is 9.59 Å². The fourth-order valence-corrected chi connectivity index (χ4v) is 4.51. The van der Waals surface area contributed by atoms with Crippen molar-refractivity contribution in [2.75, 3.05) is 57.4 Å². The molecule has 0 aromatic heterocycles. The maximum Gasteiger partial charge on any atom is 0.253 e. The van der Waals surface area contributed by atoms with Crippen LogP contribution in [0.4, 0.5) is 5.69 Å². The van der Waals surface area contributed by atoms with Crippen molar-refractivity contribution >= 4 is 17.5 Å². The highest BCUT2D eigenvalue weighted by atomic mass is 16.5. The molecule has 0 radical (unpaired) electrons. The molecular weight excluding hydrogens is 354 g/mol. The molecule has 0 bridgehead atoms. The third-order valence-corrected chi connectivity index (χ3v) is 6.27. The Labute approximate surface area is 167 Å². The van der Waals surface area contributed by atoms with Crippen LogP contribution in [-0.2, 0) is 9.53 Å². The lowest BCUT2D eigenvalue weighted by Gasteiger charge is -2.36. The van der Waals surface area contributed by atoms with Gasteiger partial charge < -0.3 is 14.5 Å². The van der Waals surface area contributed by atoms with Crippen molar-refractivity contribution in [3.8, 4) is 0 Å². The van der Waals surface area contributed by atoms with Gasteiger partial charge in [-0.3, -0.25) is 14.5 Å². The Balaban J connectivity index is 1.29. The largest absolute Gasteiger partial charge is 0.379 e. The van der Waals surface area contributed by atoms with E-state index in [4.69, 9.17) is 4.74 Å². The van der Waals surface area contributed by atoms with E-state index in [1.807, 2.05) is 34.1 Å².